The molecule has 0 radical (unpaired) electrons. The van der Waals surface area contributed by atoms with Crippen LogP contribution in [0.25, 0.3) is 10.9 Å². The smallest absolute Gasteiger partial charge is 0.418 e. The zero-order valence-electron chi connectivity index (χ0n) is 28.4. The van der Waals surface area contributed by atoms with Gasteiger partial charge in [-0.3, -0.25) is 24.0 Å². The standard InChI is InChI=1S/C40H34N4O8/c1-3-50-36(47)35(46)43-33(34(45)41-2)22-40(29-19-11-13-21-32(29)44(37(40)43)39(49)52-25-27-16-8-5-9-17-27)30-23-42(31-20-12-10-18-28(30)31)38(48)51-24-26-14-6-4-7-15-26/h4-23,37H,3,24-25H2,1-2H3,(H,41,45)/t37-,40+/m0/s1. The number of esters is 1. The number of ether oxygens (including phenoxy) is 3. The van der Waals surface area contributed by atoms with Crippen LogP contribution in [-0.2, 0) is 47.2 Å². The fourth-order valence-electron chi connectivity index (χ4n) is 7.01. The number of aromatic nitrogens is 1. The second-order valence-electron chi connectivity index (χ2n) is 12.1. The molecular weight excluding hydrogens is 664 g/mol. The molecule has 2 aliphatic rings. The van der Waals surface area contributed by atoms with E-state index in [0.29, 0.717) is 27.7 Å². The summed E-state index contributed by atoms with van der Waals surface area (Å²) in [5.41, 5.74) is 1.68. The van der Waals surface area contributed by atoms with Crippen molar-refractivity contribution in [1.29, 1.82) is 0 Å². The number of nitrogens with zero attached hydrogens (tertiary/aromatic N) is 3. The van der Waals surface area contributed by atoms with E-state index in [1.807, 2.05) is 48.5 Å². The highest BCUT2D eigenvalue weighted by Crippen LogP contribution is 2.57. The molecule has 4 aromatic carbocycles. The average molecular weight is 699 g/mol. The topological polar surface area (TPSA) is 136 Å². The van der Waals surface area contributed by atoms with Gasteiger partial charge in [0, 0.05) is 18.6 Å². The molecule has 0 bridgehead atoms. The van der Waals surface area contributed by atoms with E-state index >= 15 is 0 Å². The number of carbonyl (C=O) groups excluding carboxylic acids is 5. The highest BCUT2D eigenvalue weighted by atomic mass is 16.6. The molecule has 52 heavy (non-hydrogen) atoms. The minimum absolute atomic E-state index is 0.0156. The molecule has 7 rings (SSSR count). The van der Waals surface area contributed by atoms with Crippen LogP contribution in [-0.4, -0.2) is 59.3 Å². The molecule has 2 atom stereocenters. The van der Waals surface area contributed by atoms with E-state index < -0.39 is 41.6 Å². The molecule has 1 N–H and O–H groups in total. The van der Waals surface area contributed by atoms with Crippen molar-refractivity contribution in [2.24, 2.45) is 0 Å². The van der Waals surface area contributed by atoms with Crippen molar-refractivity contribution >= 4 is 46.6 Å². The van der Waals surface area contributed by atoms with Gasteiger partial charge in [-0.1, -0.05) is 97.1 Å². The van der Waals surface area contributed by atoms with Crippen LogP contribution in [0, 0.1) is 0 Å². The average Bonchev–Trinajstić information content (AvgIpc) is 3.83. The van der Waals surface area contributed by atoms with Crippen molar-refractivity contribution in [1.82, 2.24) is 14.8 Å². The SMILES string of the molecule is CCOC(=O)C(=O)N1C(C(=O)NC)=C[C@]2(c3cn(C(=O)OCc4ccccc4)c4ccccc34)c3ccccc3N(C(=O)OCc3ccccc3)[C@H]12. The van der Waals surface area contributed by atoms with E-state index in [2.05, 4.69) is 5.32 Å². The van der Waals surface area contributed by atoms with E-state index in [-0.39, 0.29) is 25.5 Å². The molecule has 5 aromatic rings. The van der Waals surface area contributed by atoms with Gasteiger partial charge in [0.05, 0.1) is 23.2 Å². The molecule has 0 spiro atoms. The largest absolute Gasteiger partial charge is 0.459 e. The third-order valence-electron chi connectivity index (χ3n) is 9.22. The summed E-state index contributed by atoms with van der Waals surface area (Å²) in [6.07, 6.45) is 0.284. The van der Waals surface area contributed by atoms with Crippen LogP contribution < -0.4 is 10.2 Å². The van der Waals surface area contributed by atoms with E-state index in [4.69, 9.17) is 14.2 Å². The van der Waals surface area contributed by atoms with E-state index in [0.717, 1.165) is 16.0 Å². The summed E-state index contributed by atoms with van der Waals surface area (Å²) in [6, 6.07) is 32.4. The molecule has 0 fully saturated rings. The third kappa shape index (κ3) is 5.63. The third-order valence-corrected chi connectivity index (χ3v) is 9.22. The number of anilines is 1. The van der Waals surface area contributed by atoms with Crippen LogP contribution >= 0.6 is 0 Å². The van der Waals surface area contributed by atoms with Gasteiger partial charge < -0.3 is 19.5 Å². The van der Waals surface area contributed by atoms with E-state index in [1.165, 1.54) is 16.5 Å². The summed E-state index contributed by atoms with van der Waals surface area (Å²) < 4.78 is 18.1. The Morgan fingerprint density at radius 3 is 1.94 bits per heavy atom. The van der Waals surface area contributed by atoms with Crippen molar-refractivity contribution in [3.63, 3.8) is 0 Å². The van der Waals surface area contributed by atoms with Gasteiger partial charge in [-0.15, -0.1) is 0 Å². The second-order valence-corrected chi connectivity index (χ2v) is 12.1. The molecular formula is C40H34N4O8. The summed E-state index contributed by atoms with van der Waals surface area (Å²) in [5, 5.41) is 3.14. The number of hydrogen-bond donors (Lipinski definition) is 1. The molecule has 3 amide bonds. The number of amides is 3. The summed E-state index contributed by atoms with van der Waals surface area (Å²) in [4.78, 5) is 71.4. The van der Waals surface area contributed by atoms with Crippen LogP contribution in [0.4, 0.5) is 15.3 Å². The molecule has 12 nitrogen and oxygen atoms in total. The zero-order valence-corrected chi connectivity index (χ0v) is 28.4. The zero-order chi connectivity index (χ0) is 36.4. The summed E-state index contributed by atoms with van der Waals surface area (Å²) in [5.74, 6) is -3.07. The molecule has 2 aliphatic heterocycles. The van der Waals surface area contributed by atoms with Gasteiger partial charge in [-0.2, -0.15) is 0 Å². The number of likely N-dealkylation sites (N-methyl/N-ethyl adjacent to an activating group) is 1. The quantitative estimate of drug-likeness (QED) is 0.131. The summed E-state index contributed by atoms with van der Waals surface area (Å²) in [6.45, 7) is 1.38. The molecule has 0 unspecified atom stereocenters. The number of para-hydroxylation sites is 2. The van der Waals surface area contributed by atoms with Crippen molar-refractivity contribution in [3.05, 3.63) is 149 Å². The van der Waals surface area contributed by atoms with Crippen LogP contribution in [0.1, 0.15) is 29.2 Å². The maximum atomic E-state index is 14.4. The Morgan fingerprint density at radius 1 is 0.692 bits per heavy atom. The van der Waals surface area contributed by atoms with Gasteiger partial charge in [0.15, 0.2) is 0 Å². The minimum Gasteiger partial charge on any atom is -0.459 e. The number of hydrogen-bond acceptors (Lipinski definition) is 8. The lowest BCUT2D eigenvalue weighted by Crippen LogP contribution is -2.57. The number of rotatable bonds is 7. The van der Waals surface area contributed by atoms with Gasteiger partial charge >= 0.3 is 24.1 Å². The highest BCUT2D eigenvalue weighted by molar-refractivity contribution is 6.34. The normalized spacial score (nSPS) is 17.2. The fraction of sp³-hybridized carbons (Fsp3) is 0.175. The van der Waals surface area contributed by atoms with Crippen molar-refractivity contribution in [2.75, 3.05) is 18.6 Å². The van der Waals surface area contributed by atoms with E-state index in [9.17, 15) is 24.0 Å². The predicted molar refractivity (Wildman–Crippen MR) is 190 cm³/mol. The molecule has 1 aromatic heterocycles. The maximum absolute atomic E-state index is 14.4. The lowest BCUT2D eigenvalue weighted by Gasteiger charge is -2.37. The van der Waals surface area contributed by atoms with Gasteiger partial charge in [0.2, 0.25) is 0 Å². The number of benzene rings is 4. The first-order valence-corrected chi connectivity index (χ1v) is 16.7. The van der Waals surface area contributed by atoms with Gasteiger partial charge in [-0.05, 0) is 47.4 Å². The van der Waals surface area contributed by atoms with E-state index in [1.54, 1.807) is 79.9 Å². The Balaban J connectivity index is 1.43. The summed E-state index contributed by atoms with van der Waals surface area (Å²) >= 11 is 0. The first kappa shape index (κ1) is 33.8. The van der Waals surface area contributed by atoms with Crippen molar-refractivity contribution < 1.29 is 38.2 Å². The number of carbonyl (C=O) groups is 5. The van der Waals surface area contributed by atoms with Crippen molar-refractivity contribution in [3.8, 4) is 0 Å². The Bertz CT molecular complexity index is 2230. The van der Waals surface area contributed by atoms with Gasteiger partial charge in [-0.25, -0.2) is 14.4 Å². The maximum Gasteiger partial charge on any atom is 0.418 e. The Hall–Kier alpha value is -6.69. The monoisotopic (exact) mass is 698 g/mol. The second kappa shape index (κ2) is 13.9. The summed E-state index contributed by atoms with van der Waals surface area (Å²) in [7, 11) is 1.39. The lowest BCUT2D eigenvalue weighted by molar-refractivity contribution is -0.160. The lowest BCUT2D eigenvalue weighted by atomic mass is 9.74. The van der Waals surface area contributed by atoms with Crippen LogP contribution in [0.5, 0.6) is 0 Å². The highest BCUT2D eigenvalue weighted by Gasteiger charge is 2.63. The molecule has 0 saturated heterocycles. The Morgan fingerprint density at radius 2 is 1.29 bits per heavy atom. The number of nitrogens with one attached hydrogen (secondary N) is 1. The minimum atomic E-state index is -1.50. The molecule has 0 aliphatic carbocycles. The first-order valence-electron chi connectivity index (χ1n) is 16.7. The molecule has 262 valence electrons. The van der Waals surface area contributed by atoms with Gasteiger partial charge in [0.25, 0.3) is 5.91 Å². The molecule has 0 saturated carbocycles. The Kier molecular flexibility index (Phi) is 9.04. The first-order chi connectivity index (χ1) is 25.3. The number of fused-ring (bicyclic) bond motifs is 4. The molecule has 3 heterocycles. The van der Waals surface area contributed by atoms with Gasteiger partial charge in [0.1, 0.15) is 25.1 Å². The van der Waals surface area contributed by atoms with Crippen LogP contribution in [0.3, 0.4) is 0 Å². The van der Waals surface area contributed by atoms with Crippen molar-refractivity contribution in [2.45, 2.75) is 31.7 Å². The molecule has 12 heteroatoms. The Labute approximate surface area is 298 Å². The fourth-order valence-corrected chi connectivity index (χ4v) is 7.01. The van der Waals surface area contributed by atoms with Crippen LogP contribution in [0.15, 0.2) is 127 Å². The van der Waals surface area contributed by atoms with Crippen LogP contribution in [0.2, 0.25) is 0 Å². The predicted octanol–water partition coefficient (Wildman–Crippen LogP) is 5.63.